The van der Waals surface area contributed by atoms with Crippen LogP contribution in [-0.4, -0.2) is 89.2 Å². The van der Waals surface area contributed by atoms with Gasteiger partial charge in [-0.05, 0) is 71.4 Å². The molecule has 4 aliphatic rings. The summed E-state index contributed by atoms with van der Waals surface area (Å²) < 4.78 is 38.6. The van der Waals surface area contributed by atoms with E-state index < -0.39 is 80.3 Å². The monoisotopic (exact) mass is 673 g/mol. The topological polar surface area (TPSA) is 190 Å². The van der Waals surface area contributed by atoms with E-state index in [1.807, 2.05) is 12.2 Å². The summed E-state index contributed by atoms with van der Waals surface area (Å²) >= 11 is 0. The summed E-state index contributed by atoms with van der Waals surface area (Å²) in [5.74, 6) is -3.27. The van der Waals surface area contributed by atoms with Crippen LogP contribution in [0.4, 0.5) is 4.79 Å². The van der Waals surface area contributed by atoms with E-state index in [1.165, 1.54) is 17.2 Å². The fraction of sp³-hybridized carbons (Fsp3) is 0.625. The summed E-state index contributed by atoms with van der Waals surface area (Å²) in [5.41, 5.74) is -2.29. The van der Waals surface area contributed by atoms with Crippen LogP contribution in [-0.2, 0) is 33.9 Å². The Labute approximate surface area is 274 Å². The number of esters is 1. The van der Waals surface area contributed by atoms with Crippen LogP contribution in [0.1, 0.15) is 89.0 Å². The molecule has 0 aromatic carbocycles. The zero-order valence-electron chi connectivity index (χ0n) is 26.9. The van der Waals surface area contributed by atoms with Crippen LogP contribution in [0.25, 0.3) is 0 Å². The molecule has 2 saturated carbocycles. The van der Waals surface area contributed by atoms with Crippen molar-refractivity contribution in [3.8, 4) is 0 Å². The molecular weight excluding hydrogens is 630 g/mol. The fourth-order valence-electron chi connectivity index (χ4n) is 5.99. The molecule has 1 aromatic rings. The molecule has 15 heteroatoms. The van der Waals surface area contributed by atoms with Crippen molar-refractivity contribution in [2.45, 2.75) is 113 Å². The highest BCUT2D eigenvalue weighted by atomic mass is 32.2. The van der Waals surface area contributed by atoms with E-state index in [9.17, 15) is 32.4 Å². The van der Waals surface area contributed by atoms with Crippen molar-refractivity contribution in [3.63, 3.8) is 0 Å². The van der Waals surface area contributed by atoms with Gasteiger partial charge in [0, 0.05) is 18.5 Å². The molecule has 0 radical (unpaired) electrons. The van der Waals surface area contributed by atoms with Crippen LogP contribution >= 0.6 is 0 Å². The lowest BCUT2D eigenvalue weighted by Gasteiger charge is -2.30. The van der Waals surface area contributed by atoms with Crippen molar-refractivity contribution in [3.05, 3.63) is 42.2 Å². The van der Waals surface area contributed by atoms with Gasteiger partial charge in [0.2, 0.25) is 21.8 Å². The van der Waals surface area contributed by atoms with E-state index in [4.69, 9.17) is 9.47 Å². The van der Waals surface area contributed by atoms with Gasteiger partial charge in [0.15, 0.2) is 0 Å². The molecule has 5 rings (SSSR count). The number of rotatable bonds is 6. The SMILES string of the molecule is CC(C)(C)OC(=O)N[C@H]1CCCCC/C=C\[C@H]2C[C@@]2(C(=O)NS(=O)(=O)C2CC2)NC(=O)[C@@H]2C[C@@H](OC(=O)c3ccccn3)CN2C1=O. The first-order valence-corrected chi connectivity index (χ1v) is 17.7. The number of hydrogen-bond acceptors (Lipinski definition) is 10. The van der Waals surface area contributed by atoms with Crippen LogP contribution in [0.3, 0.4) is 0 Å². The molecule has 4 amide bonds. The number of carbonyl (C=O) groups is 5. The van der Waals surface area contributed by atoms with E-state index in [2.05, 4.69) is 20.3 Å². The second kappa shape index (κ2) is 13.6. The Bertz CT molecular complexity index is 1520. The molecule has 2 aliphatic heterocycles. The minimum atomic E-state index is -3.89. The molecule has 14 nitrogen and oxygen atoms in total. The molecule has 256 valence electrons. The number of sulfonamides is 1. The number of amides is 4. The average Bonchev–Trinajstić information content (AvgIpc) is 3.92. The van der Waals surface area contributed by atoms with Gasteiger partial charge in [0.1, 0.15) is 35.0 Å². The Hall–Kier alpha value is -4.01. The van der Waals surface area contributed by atoms with Gasteiger partial charge >= 0.3 is 12.1 Å². The quantitative estimate of drug-likeness (QED) is 0.298. The van der Waals surface area contributed by atoms with E-state index in [0.29, 0.717) is 25.7 Å². The number of carbonyl (C=O) groups excluding carboxylic acids is 5. The van der Waals surface area contributed by atoms with E-state index in [1.54, 1.807) is 32.9 Å². The first-order valence-electron chi connectivity index (χ1n) is 16.2. The van der Waals surface area contributed by atoms with Crippen LogP contribution in [0.5, 0.6) is 0 Å². The Morgan fingerprint density at radius 2 is 1.85 bits per heavy atom. The lowest BCUT2D eigenvalue weighted by Crippen LogP contribution is -2.58. The van der Waals surface area contributed by atoms with Crippen molar-refractivity contribution in [1.29, 1.82) is 0 Å². The number of ether oxygens (including phenoxy) is 2. The molecule has 1 saturated heterocycles. The largest absolute Gasteiger partial charge is 0.456 e. The molecule has 3 N–H and O–H groups in total. The molecule has 2 aliphatic carbocycles. The van der Waals surface area contributed by atoms with Crippen molar-refractivity contribution in [2.75, 3.05) is 6.54 Å². The number of alkyl carbamates (subject to hydrolysis) is 1. The molecule has 47 heavy (non-hydrogen) atoms. The van der Waals surface area contributed by atoms with Crippen LogP contribution < -0.4 is 15.4 Å². The standard InChI is InChI=1S/C32H43N5O9S/c1-31(2,3)46-30(42)34-23-12-8-6-4-5-7-11-20-18-32(20,29(41)36-47(43,44)22-14-15-22)35-26(38)25-17-21(19-37(25)27(23)39)45-28(40)24-13-9-10-16-33-24/h7,9-11,13,16,20-23,25H,4-6,8,12,14-15,17-19H2,1-3H3,(H,34,42)(H,35,38)(H,36,41)/b11-7-/t20-,21+,23-,25-,32+/m0/s1. The van der Waals surface area contributed by atoms with Crippen molar-refractivity contribution >= 4 is 39.8 Å². The average molecular weight is 674 g/mol. The number of nitrogens with one attached hydrogen (secondary N) is 3. The second-order valence-electron chi connectivity index (χ2n) is 13.7. The molecule has 3 fully saturated rings. The molecule has 1 aromatic heterocycles. The maximum absolute atomic E-state index is 14.1. The summed E-state index contributed by atoms with van der Waals surface area (Å²) in [6.45, 7) is 4.95. The third kappa shape index (κ3) is 8.48. The van der Waals surface area contributed by atoms with Gasteiger partial charge in [-0.1, -0.05) is 31.1 Å². The molecule has 5 atom stereocenters. The third-order valence-corrected chi connectivity index (χ3v) is 10.5. The normalized spacial score (nSPS) is 29.1. The van der Waals surface area contributed by atoms with E-state index in [-0.39, 0.29) is 31.5 Å². The predicted octanol–water partition coefficient (Wildman–Crippen LogP) is 2.10. The van der Waals surface area contributed by atoms with Gasteiger partial charge in [-0.3, -0.25) is 19.1 Å². The highest BCUT2D eigenvalue weighted by Gasteiger charge is 2.62. The second-order valence-corrected chi connectivity index (χ2v) is 15.7. The maximum Gasteiger partial charge on any atom is 0.408 e. The number of hydrogen-bond donors (Lipinski definition) is 3. The zero-order valence-corrected chi connectivity index (χ0v) is 27.7. The predicted molar refractivity (Wildman–Crippen MR) is 168 cm³/mol. The smallest absolute Gasteiger partial charge is 0.408 e. The minimum Gasteiger partial charge on any atom is -0.456 e. The van der Waals surface area contributed by atoms with Gasteiger partial charge in [0.25, 0.3) is 5.91 Å². The fourth-order valence-corrected chi connectivity index (χ4v) is 7.36. The Morgan fingerprint density at radius 3 is 2.53 bits per heavy atom. The van der Waals surface area contributed by atoms with Crippen LogP contribution in [0, 0.1) is 5.92 Å². The summed E-state index contributed by atoms with van der Waals surface area (Å²) in [7, 11) is -3.89. The summed E-state index contributed by atoms with van der Waals surface area (Å²) in [4.78, 5) is 72.6. The molecule has 3 heterocycles. The molecule has 0 unspecified atom stereocenters. The van der Waals surface area contributed by atoms with Crippen molar-refractivity contribution in [2.24, 2.45) is 5.92 Å². The van der Waals surface area contributed by atoms with Crippen LogP contribution in [0.2, 0.25) is 0 Å². The lowest BCUT2D eigenvalue weighted by atomic mass is 10.0. The number of allylic oxidation sites excluding steroid dienone is 1. The minimum absolute atomic E-state index is 0.0531. The summed E-state index contributed by atoms with van der Waals surface area (Å²) in [6.07, 6.45) is 7.57. The van der Waals surface area contributed by atoms with Gasteiger partial charge in [0.05, 0.1) is 11.8 Å². The highest BCUT2D eigenvalue weighted by molar-refractivity contribution is 7.91. The van der Waals surface area contributed by atoms with Gasteiger partial charge in [-0.2, -0.15) is 0 Å². The van der Waals surface area contributed by atoms with Gasteiger partial charge < -0.3 is 25.0 Å². The van der Waals surface area contributed by atoms with Crippen molar-refractivity contribution < 1.29 is 41.9 Å². The molecule has 0 bridgehead atoms. The van der Waals surface area contributed by atoms with Gasteiger partial charge in [-0.25, -0.2) is 23.0 Å². The summed E-state index contributed by atoms with van der Waals surface area (Å²) in [6, 6.07) is 2.52. The number of fused-ring (bicyclic) bond motifs is 2. The van der Waals surface area contributed by atoms with E-state index in [0.717, 1.165) is 12.8 Å². The Kier molecular flexibility index (Phi) is 9.94. The molecule has 0 spiro atoms. The first kappa shape index (κ1) is 34.3. The number of nitrogens with zero attached hydrogens (tertiary/aromatic N) is 2. The van der Waals surface area contributed by atoms with E-state index >= 15 is 0 Å². The Morgan fingerprint density at radius 1 is 1.09 bits per heavy atom. The number of pyridine rings is 1. The number of aromatic nitrogens is 1. The third-order valence-electron chi connectivity index (χ3n) is 8.68. The zero-order chi connectivity index (χ0) is 34.0. The highest BCUT2D eigenvalue weighted by Crippen LogP contribution is 2.46. The maximum atomic E-state index is 14.1. The molecular formula is C32H43N5O9S. The lowest BCUT2D eigenvalue weighted by molar-refractivity contribution is -0.141. The summed E-state index contributed by atoms with van der Waals surface area (Å²) in [5, 5.41) is 4.80. The first-order chi connectivity index (χ1) is 22.2. The van der Waals surface area contributed by atoms with Crippen molar-refractivity contribution in [1.82, 2.24) is 25.2 Å². The van der Waals surface area contributed by atoms with Crippen LogP contribution in [0.15, 0.2) is 36.5 Å². The van der Waals surface area contributed by atoms with Gasteiger partial charge in [-0.15, -0.1) is 0 Å². The Balaban J connectivity index is 1.42.